The number of hydrogen-bond acceptors (Lipinski definition) is 7. The van der Waals surface area contributed by atoms with Crippen LogP contribution in [0.5, 0.6) is 0 Å². The van der Waals surface area contributed by atoms with E-state index in [0.717, 1.165) is 109 Å². The number of nitrogens with zero attached hydrogens (tertiary/aromatic N) is 1. The van der Waals surface area contributed by atoms with E-state index < -0.39 is 26.6 Å². The van der Waals surface area contributed by atoms with Gasteiger partial charge in [-0.3, -0.25) is 14.2 Å². The Labute approximate surface area is 462 Å². The smallest absolute Gasteiger partial charge is 0.306 e. The molecule has 0 aromatic rings. The van der Waals surface area contributed by atoms with E-state index in [0.29, 0.717) is 23.9 Å². The van der Waals surface area contributed by atoms with Crippen molar-refractivity contribution in [3.05, 3.63) is 97.2 Å². The fourth-order valence-corrected chi connectivity index (χ4v) is 9.01. The largest absolute Gasteiger partial charge is 0.756 e. The molecule has 10 heteroatoms. The Morgan fingerprint density at radius 2 is 0.853 bits per heavy atom. The van der Waals surface area contributed by atoms with Gasteiger partial charge in [-0.2, -0.15) is 0 Å². The Kier molecular flexibility index (Phi) is 52.1. The summed E-state index contributed by atoms with van der Waals surface area (Å²) in [7, 11) is 1.15. The van der Waals surface area contributed by atoms with Crippen LogP contribution in [0, 0.1) is 0 Å². The number of rotatable bonds is 54. The standard InChI is InChI=1S/C65H115N2O7P/c1-7-10-13-16-19-22-25-28-30-31-32-33-34-35-36-37-38-40-43-46-49-52-55-58-65(69)74-63(56-53-50-47-44-41-27-24-21-18-15-12-9-3)62(61-73-75(70,71)72-60-59-67(4,5)6)66-64(68)57-54-51-48-45-42-39-29-26-23-20-17-14-11-8-2/h10,13,19,22,28,30,32-33,35-36,38-40,42,53,56,62-63H,7-9,11-12,14-18,20-21,23-27,29,31,34,37,41,43-52,54-55,57-61H2,1-6H3,(H-,66,68,70,71)/b13-10-,22-19-,30-28-,33-32-,36-35-,40-38-,42-39-,56-53-. The lowest BCUT2D eigenvalue weighted by atomic mass is 10.1. The van der Waals surface area contributed by atoms with E-state index in [2.05, 4.69) is 111 Å². The zero-order valence-electron chi connectivity index (χ0n) is 49.2. The van der Waals surface area contributed by atoms with E-state index in [1.165, 1.54) is 96.3 Å². The number of unbranched alkanes of at least 4 members (excludes halogenated alkanes) is 24. The number of phosphoric ester groups is 1. The molecule has 0 heterocycles. The minimum absolute atomic E-state index is 0.0335. The number of hydrogen-bond donors (Lipinski definition) is 1. The summed E-state index contributed by atoms with van der Waals surface area (Å²) in [5, 5.41) is 3.01. The minimum atomic E-state index is -4.71. The van der Waals surface area contributed by atoms with Crippen molar-refractivity contribution in [2.75, 3.05) is 40.9 Å². The van der Waals surface area contributed by atoms with E-state index in [1.54, 1.807) is 0 Å². The average molecular weight is 1070 g/mol. The Hall–Kier alpha value is -3.07. The number of allylic oxidation sites excluding steroid dienone is 15. The molecule has 0 aliphatic carbocycles. The van der Waals surface area contributed by atoms with Crippen molar-refractivity contribution < 1.29 is 37.3 Å². The van der Waals surface area contributed by atoms with Gasteiger partial charge < -0.3 is 28.5 Å². The molecule has 0 aromatic carbocycles. The molecule has 0 rings (SSSR count). The lowest BCUT2D eigenvalue weighted by Gasteiger charge is -2.30. The summed E-state index contributed by atoms with van der Waals surface area (Å²) in [6.45, 7) is 6.68. The summed E-state index contributed by atoms with van der Waals surface area (Å²) in [5.41, 5.74) is 0. The molecule has 0 aliphatic heterocycles. The predicted octanol–water partition coefficient (Wildman–Crippen LogP) is 18.1. The maximum absolute atomic E-state index is 13.5. The minimum Gasteiger partial charge on any atom is -0.756 e. The highest BCUT2D eigenvalue weighted by Gasteiger charge is 2.27. The highest BCUT2D eigenvalue weighted by molar-refractivity contribution is 7.45. The molecule has 432 valence electrons. The van der Waals surface area contributed by atoms with Crippen LogP contribution in [0.1, 0.15) is 252 Å². The van der Waals surface area contributed by atoms with Crippen molar-refractivity contribution in [3.8, 4) is 0 Å². The number of nitrogens with one attached hydrogen (secondary N) is 1. The first-order valence-electron chi connectivity index (χ1n) is 30.5. The normalized spacial score (nSPS) is 14.4. The number of amides is 1. The van der Waals surface area contributed by atoms with Gasteiger partial charge in [-0.25, -0.2) is 0 Å². The Balaban J connectivity index is 5.32. The molecule has 3 unspecified atom stereocenters. The lowest BCUT2D eigenvalue weighted by molar-refractivity contribution is -0.870. The summed E-state index contributed by atoms with van der Waals surface area (Å²) in [6, 6.07) is -0.911. The Bertz CT molecular complexity index is 1610. The monoisotopic (exact) mass is 1070 g/mol. The highest BCUT2D eigenvalue weighted by Crippen LogP contribution is 2.38. The SMILES string of the molecule is CC/C=C\C/C=C\C/C=C\C/C=C\C/C=C\C/C=C\CCCCCCC(=O)OC(/C=C\CCCCCCCCCCCC)C(COP(=O)([O-])OCC[N+](C)(C)C)NC(=O)CCCCC/C=C\CCCCCCCCC. The van der Waals surface area contributed by atoms with Crippen LogP contribution in [0.3, 0.4) is 0 Å². The molecule has 0 radical (unpaired) electrons. The van der Waals surface area contributed by atoms with E-state index in [-0.39, 0.29) is 31.3 Å². The zero-order chi connectivity index (χ0) is 55.0. The first kappa shape index (κ1) is 71.9. The molecule has 0 saturated carbocycles. The average Bonchev–Trinajstić information content (AvgIpc) is 3.37. The van der Waals surface area contributed by atoms with Gasteiger partial charge in [0.2, 0.25) is 5.91 Å². The summed E-state index contributed by atoms with van der Waals surface area (Å²) >= 11 is 0. The molecule has 75 heavy (non-hydrogen) atoms. The van der Waals surface area contributed by atoms with Gasteiger partial charge in [0.1, 0.15) is 19.3 Å². The summed E-state index contributed by atoms with van der Waals surface area (Å²) < 4.78 is 30.2. The van der Waals surface area contributed by atoms with Crippen LogP contribution >= 0.6 is 7.82 Å². The number of phosphoric acid groups is 1. The van der Waals surface area contributed by atoms with Gasteiger partial charge in [0.25, 0.3) is 7.82 Å². The second-order valence-corrected chi connectivity index (χ2v) is 22.9. The van der Waals surface area contributed by atoms with Crippen molar-refractivity contribution in [2.45, 2.75) is 264 Å². The van der Waals surface area contributed by atoms with Gasteiger partial charge in [-0.15, -0.1) is 0 Å². The van der Waals surface area contributed by atoms with E-state index in [4.69, 9.17) is 13.8 Å². The van der Waals surface area contributed by atoms with Crippen molar-refractivity contribution >= 4 is 19.7 Å². The zero-order valence-corrected chi connectivity index (χ0v) is 50.1. The van der Waals surface area contributed by atoms with Crippen molar-refractivity contribution in [1.82, 2.24) is 5.32 Å². The summed E-state index contributed by atoms with van der Waals surface area (Å²) in [5.74, 6) is -0.592. The lowest BCUT2D eigenvalue weighted by Crippen LogP contribution is -2.47. The van der Waals surface area contributed by atoms with Gasteiger partial charge in [-0.05, 0) is 109 Å². The maximum Gasteiger partial charge on any atom is 0.306 e. The van der Waals surface area contributed by atoms with Crippen molar-refractivity contribution in [3.63, 3.8) is 0 Å². The molecule has 0 saturated heterocycles. The van der Waals surface area contributed by atoms with E-state index in [9.17, 15) is 19.0 Å². The molecule has 0 fully saturated rings. The maximum atomic E-state index is 13.5. The molecule has 0 aliphatic rings. The third-order valence-corrected chi connectivity index (χ3v) is 14.0. The van der Waals surface area contributed by atoms with Crippen molar-refractivity contribution in [1.29, 1.82) is 0 Å². The molecule has 1 amide bonds. The van der Waals surface area contributed by atoms with Crippen LogP contribution < -0.4 is 10.2 Å². The number of carbonyl (C=O) groups is 2. The molecule has 0 bridgehead atoms. The molecule has 0 aromatic heterocycles. The first-order valence-corrected chi connectivity index (χ1v) is 32.0. The molecule has 0 spiro atoms. The Morgan fingerprint density at radius 3 is 1.31 bits per heavy atom. The van der Waals surface area contributed by atoms with Gasteiger partial charge in [-0.1, -0.05) is 227 Å². The molecular weight excluding hydrogens is 952 g/mol. The quantitative estimate of drug-likeness (QED) is 0.0212. The van der Waals surface area contributed by atoms with Gasteiger partial charge in [0.05, 0.1) is 33.8 Å². The van der Waals surface area contributed by atoms with Crippen LogP contribution in [-0.4, -0.2) is 69.4 Å². The third kappa shape index (κ3) is 55.5. The van der Waals surface area contributed by atoms with Crippen LogP contribution in [0.15, 0.2) is 97.2 Å². The van der Waals surface area contributed by atoms with Crippen LogP contribution in [-0.2, 0) is 27.9 Å². The summed E-state index contributed by atoms with van der Waals surface area (Å²) in [6.07, 6.45) is 72.3. The fraction of sp³-hybridized carbons (Fsp3) is 0.723. The van der Waals surface area contributed by atoms with Gasteiger partial charge in [0.15, 0.2) is 0 Å². The molecule has 9 nitrogen and oxygen atoms in total. The van der Waals surface area contributed by atoms with Crippen LogP contribution in [0.4, 0.5) is 0 Å². The second kappa shape index (κ2) is 54.3. The van der Waals surface area contributed by atoms with E-state index >= 15 is 0 Å². The van der Waals surface area contributed by atoms with Crippen LogP contribution in [0.2, 0.25) is 0 Å². The number of likely N-dealkylation sites (N-methyl/N-ethyl adjacent to an activating group) is 1. The Morgan fingerprint density at radius 1 is 0.480 bits per heavy atom. The number of carbonyl (C=O) groups excluding carboxylic acids is 2. The predicted molar refractivity (Wildman–Crippen MR) is 321 cm³/mol. The third-order valence-electron chi connectivity index (χ3n) is 13.0. The van der Waals surface area contributed by atoms with E-state index in [1.807, 2.05) is 33.3 Å². The molecular formula is C65H115N2O7P. The molecule has 1 N–H and O–H groups in total. The molecule has 3 atom stereocenters. The van der Waals surface area contributed by atoms with Gasteiger partial charge >= 0.3 is 5.97 Å². The first-order chi connectivity index (χ1) is 36.4. The number of esters is 1. The topological polar surface area (TPSA) is 114 Å². The number of ether oxygens (including phenoxy) is 1. The fourth-order valence-electron chi connectivity index (χ4n) is 8.28. The second-order valence-electron chi connectivity index (χ2n) is 21.5. The highest BCUT2D eigenvalue weighted by atomic mass is 31.2. The summed E-state index contributed by atoms with van der Waals surface area (Å²) in [4.78, 5) is 39.9. The van der Waals surface area contributed by atoms with Gasteiger partial charge in [0, 0.05) is 12.8 Å². The number of quaternary nitrogens is 1. The van der Waals surface area contributed by atoms with Crippen molar-refractivity contribution in [2.24, 2.45) is 0 Å². The van der Waals surface area contributed by atoms with Crippen LogP contribution in [0.25, 0.3) is 0 Å².